The Morgan fingerprint density at radius 3 is 2.60 bits per heavy atom. The molecule has 3 aromatic heterocycles. The lowest BCUT2D eigenvalue weighted by Crippen LogP contribution is -2.12. The van der Waals surface area contributed by atoms with Crippen LogP contribution in [0.15, 0.2) is 56.6 Å². The van der Waals surface area contributed by atoms with E-state index >= 15 is 0 Å². The van der Waals surface area contributed by atoms with Gasteiger partial charge in [0.2, 0.25) is 5.82 Å². The summed E-state index contributed by atoms with van der Waals surface area (Å²) in [7, 11) is 0. The van der Waals surface area contributed by atoms with Gasteiger partial charge in [-0.15, -0.1) is 11.8 Å². The number of hydrogen-bond acceptors (Lipinski definition) is 9. The zero-order valence-electron chi connectivity index (χ0n) is 16.6. The third kappa shape index (κ3) is 4.11. The molecule has 0 atom stereocenters. The van der Waals surface area contributed by atoms with Crippen LogP contribution in [0.3, 0.4) is 0 Å². The minimum absolute atomic E-state index is 0.124. The molecule has 0 unspecified atom stereocenters. The summed E-state index contributed by atoms with van der Waals surface area (Å²) in [6.07, 6.45) is 3.38. The maximum absolute atomic E-state index is 12.7. The van der Waals surface area contributed by atoms with Crippen LogP contribution in [-0.4, -0.2) is 32.3 Å². The quantitative estimate of drug-likeness (QED) is 0.253. The van der Waals surface area contributed by atoms with Crippen LogP contribution in [0.1, 0.15) is 27.4 Å². The number of furan rings is 1. The molecule has 0 radical (unpaired) electrons. The van der Waals surface area contributed by atoms with E-state index in [4.69, 9.17) is 13.7 Å². The first-order chi connectivity index (χ1) is 14.5. The molecule has 1 aromatic carbocycles. The molecule has 0 aliphatic carbocycles. The molecule has 9 heteroatoms. The average molecular weight is 422 g/mol. The van der Waals surface area contributed by atoms with Gasteiger partial charge < -0.3 is 13.7 Å². The zero-order chi connectivity index (χ0) is 21.1. The van der Waals surface area contributed by atoms with E-state index in [0.29, 0.717) is 33.8 Å². The SMILES string of the molecule is CSc1nc(-c2ccco2)nc(C)c1C(=O)OCc1noc(-c2ccc(C)cc2)n1. The van der Waals surface area contributed by atoms with Gasteiger partial charge in [-0.25, -0.2) is 14.8 Å². The van der Waals surface area contributed by atoms with Crippen LogP contribution in [-0.2, 0) is 11.3 Å². The van der Waals surface area contributed by atoms with Crippen molar-refractivity contribution in [3.63, 3.8) is 0 Å². The summed E-state index contributed by atoms with van der Waals surface area (Å²) >= 11 is 1.33. The molecule has 3 heterocycles. The number of nitrogens with zero attached hydrogens (tertiary/aromatic N) is 4. The van der Waals surface area contributed by atoms with Gasteiger partial charge in [-0.2, -0.15) is 4.98 Å². The van der Waals surface area contributed by atoms with Crippen molar-refractivity contribution in [2.75, 3.05) is 6.26 Å². The number of benzene rings is 1. The molecule has 0 saturated heterocycles. The Kier molecular flexibility index (Phi) is 5.62. The van der Waals surface area contributed by atoms with Crippen molar-refractivity contribution < 1.29 is 18.5 Å². The number of rotatable bonds is 6. The number of carbonyl (C=O) groups excluding carboxylic acids is 1. The summed E-state index contributed by atoms with van der Waals surface area (Å²) in [5, 5.41) is 4.39. The highest BCUT2D eigenvalue weighted by Crippen LogP contribution is 2.26. The zero-order valence-corrected chi connectivity index (χ0v) is 17.4. The van der Waals surface area contributed by atoms with Gasteiger partial charge in [0.05, 0.1) is 12.0 Å². The van der Waals surface area contributed by atoms with Crippen LogP contribution < -0.4 is 0 Å². The normalized spacial score (nSPS) is 10.9. The monoisotopic (exact) mass is 422 g/mol. The number of thioether (sulfide) groups is 1. The van der Waals surface area contributed by atoms with Crippen molar-refractivity contribution in [1.29, 1.82) is 0 Å². The molecule has 0 spiro atoms. The molecule has 0 amide bonds. The number of carbonyl (C=O) groups is 1. The molecule has 0 N–H and O–H groups in total. The van der Waals surface area contributed by atoms with E-state index in [1.807, 2.05) is 37.4 Å². The molecule has 0 bridgehead atoms. The van der Waals surface area contributed by atoms with Gasteiger partial charge in [0.15, 0.2) is 18.2 Å². The number of aromatic nitrogens is 4. The fraction of sp³-hybridized carbons (Fsp3) is 0.190. The van der Waals surface area contributed by atoms with Crippen LogP contribution in [0, 0.1) is 13.8 Å². The first-order valence-corrected chi connectivity index (χ1v) is 10.3. The van der Waals surface area contributed by atoms with Gasteiger partial charge in [0, 0.05) is 5.56 Å². The highest BCUT2D eigenvalue weighted by atomic mass is 32.2. The van der Waals surface area contributed by atoms with Crippen molar-refractivity contribution in [2.45, 2.75) is 25.5 Å². The molecule has 8 nitrogen and oxygen atoms in total. The van der Waals surface area contributed by atoms with Gasteiger partial charge in [-0.05, 0) is 44.4 Å². The predicted molar refractivity (Wildman–Crippen MR) is 110 cm³/mol. The van der Waals surface area contributed by atoms with Crippen molar-refractivity contribution in [1.82, 2.24) is 20.1 Å². The largest absolute Gasteiger partial charge is 0.461 e. The van der Waals surface area contributed by atoms with Gasteiger partial charge in [-0.3, -0.25) is 0 Å². The van der Waals surface area contributed by atoms with E-state index < -0.39 is 5.97 Å². The molecule has 0 saturated carbocycles. The second kappa shape index (κ2) is 8.50. The summed E-state index contributed by atoms with van der Waals surface area (Å²) in [4.78, 5) is 25.8. The minimum atomic E-state index is -0.551. The molecular weight excluding hydrogens is 404 g/mol. The Bertz CT molecular complexity index is 1170. The lowest BCUT2D eigenvalue weighted by atomic mass is 10.1. The van der Waals surface area contributed by atoms with E-state index in [9.17, 15) is 4.79 Å². The van der Waals surface area contributed by atoms with Crippen molar-refractivity contribution >= 4 is 17.7 Å². The van der Waals surface area contributed by atoms with Crippen molar-refractivity contribution in [3.05, 3.63) is 65.3 Å². The molecule has 30 heavy (non-hydrogen) atoms. The Morgan fingerprint density at radius 1 is 1.10 bits per heavy atom. The molecule has 4 rings (SSSR count). The number of ether oxygens (including phenoxy) is 1. The standard InChI is InChI=1S/C21H18N4O4S/c1-12-6-8-14(9-7-12)19-23-16(25-29-19)11-28-21(26)17-13(2)22-18(24-20(17)30-3)15-5-4-10-27-15/h4-10H,11H2,1-3H3. The highest BCUT2D eigenvalue weighted by molar-refractivity contribution is 7.98. The Hall–Kier alpha value is -3.46. The third-order valence-corrected chi connectivity index (χ3v) is 4.98. The van der Waals surface area contributed by atoms with E-state index in [1.165, 1.54) is 11.8 Å². The maximum Gasteiger partial charge on any atom is 0.343 e. The Balaban J connectivity index is 1.50. The third-order valence-electron chi connectivity index (χ3n) is 4.29. The van der Waals surface area contributed by atoms with E-state index in [1.54, 1.807) is 25.3 Å². The molecule has 0 fully saturated rings. The summed E-state index contributed by atoms with van der Waals surface area (Å²) in [6.45, 7) is 3.61. The number of hydrogen-bond donors (Lipinski definition) is 0. The van der Waals surface area contributed by atoms with E-state index in [0.717, 1.165) is 11.1 Å². The number of aryl methyl sites for hydroxylation is 2. The van der Waals surface area contributed by atoms with Gasteiger partial charge in [-0.1, -0.05) is 22.9 Å². The summed E-state index contributed by atoms with van der Waals surface area (Å²) in [6, 6.07) is 11.2. The fourth-order valence-electron chi connectivity index (χ4n) is 2.77. The van der Waals surface area contributed by atoms with Crippen LogP contribution in [0.25, 0.3) is 23.0 Å². The molecule has 0 aliphatic heterocycles. The first-order valence-electron chi connectivity index (χ1n) is 9.08. The lowest BCUT2D eigenvalue weighted by Gasteiger charge is -2.10. The van der Waals surface area contributed by atoms with Crippen LogP contribution in [0.5, 0.6) is 0 Å². The lowest BCUT2D eigenvalue weighted by molar-refractivity contribution is 0.0453. The molecular formula is C21H18N4O4S. The first kappa shape index (κ1) is 19.8. The van der Waals surface area contributed by atoms with Crippen LogP contribution >= 0.6 is 11.8 Å². The van der Waals surface area contributed by atoms with E-state index in [-0.39, 0.29) is 12.4 Å². The van der Waals surface area contributed by atoms with Crippen LogP contribution in [0.2, 0.25) is 0 Å². The average Bonchev–Trinajstić information content (AvgIpc) is 3.44. The maximum atomic E-state index is 12.7. The smallest absolute Gasteiger partial charge is 0.343 e. The van der Waals surface area contributed by atoms with E-state index in [2.05, 4.69) is 20.1 Å². The number of esters is 1. The summed E-state index contributed by atoms with van der Waals surface area (Å²) < 4.78 is 16.0. The minimum Gasteiger partial charge on any atom is -0.461 e. The topological polar surface area (TPSA) is 104 Å². The fourth-order valence-corrected chi connectivity index (χ4v) is 3.39. The van der Waals surface area contributed by atoms with Crippen LogP contribution in [0.4, 0.5) is 0 Å². The van der Waals surface area contributed by atoms with Gasteiger partial charge in [0.25, 0.3) is 5.89 Å². The summed E-state index contributed by atoms with van der Waals surface area (Å²) in [5.41, 5.74) is 2.74. The summed E-state index contributed by atoms with van der Waals surface area (Å²) in [5.74, 6) is 1.04. The van der Waals surface area contributed by atoms with Gasteiger partial charge in [0.1, 0.15) is 10.6 Å². The van der Waals surface area contributed by atoms with Crippen molar-refractivity contribution in [3.8, 4) is 23.0 Å². The highest BCUT2D eigenvalue weighted by Gasteiger charge is 2.22. The molecule has 0 aliphatic rings. The van der Waals surface area contributed by atoms with Crippen molar-refractivity contribution in [2.24, 2.45) is 0 Å². The Morgan fingerprint density at radius 2 is 1.90 bits per heavy atom. The predicted octanol–water partition coefficient (Wildman–Crippen LogP) is 4.48. The second-order valence-corrected chi connectivity index (χ2v) is 7.25. The second-order valence-electron chi connectivity index (χ2n) is 6.45. The van der Waals surface area contributed by atoms with Gasteiger partial charge >= 0.3 is 5.97 Å². The molecule has 152 valence electrons. The molecule has 4 aromatic rings. The Labute approximate surface area is 176 Å².